The van der Waals surface area contributed by atoms with Crippen LogP contribution in [-0.2, 0) is 21.6 Å². The number of hydrogen-bond acceptors (Lipinski definition) is 7. The third-order valence-electron chi connectivity index (χ3n) is 5.11. The molecule has 4 rings (SSSR count). The number of hydrogen-bond donors (Lipinski definition) is 2. The first kappa shape index (κ1) is 24.3. The van der Waals surface area contributed by atoms with E-state index in [1.54, 1.807) is 6.07 Å². The first-order chi connectivity index (χ1) is 16.6. The fourth-order valence-electron chi connectivity index (χ4n) is 3.26. The monoisotopic (exact) mass is 502 g/mol. The normalized spacial score (nSPS) is 11.8. The molecular weight excluding hydrogens is 482 g/mol. The average molecular weight is 503 g/mol. The number of nitrogens with one attached hydrogen (secondary N) is 2. The molecule has 0 spiro atoms. The molecule has 1 aromatic carbocycles. The van der Waals surface area contributed by atoms with Crippen LogP contribution >= 0.6 is 0 Å². The molecular formula is C22H20F2N6O4S. The minimum Gasteiger partial charge on any atom is -0.378 e. The Morgan fingerprint density at radius 3 is 2.57 bits per heavy atom. The van der Waals surface area contributed by atoms with E-state index in [-0.39, 0.29) is 5.56 Å². The SMILES string of the molecule is COCc1cnc(-c2cnc3[nH]cc(C(=O)c4c(F)ccc(NS(=O)(=O)N(C)C)c4F)c3c2)cn1. The van der Waals surface area contributed by atoms with Crippen molar-refractivity contribution in [1.82, 2.24) is 24.2 Å². The molecule has 0 saturated heterocycles. The van der Waals surface area contributed by atoms with E-state index in [4.69, 9.17) is 4.74 Å². The molecule has 3 aromatic heterocycles. The van der Waals surface area contributed by atoms with Gasteiger partial charge in [0, 0.05) is 50.1 Å². The number of H-pyrrole nitrogens is 1. The number of carbonyl (C=O) groups excluding carboxylic acids is 1. The number of aromatic amines is 1. The van der Waals surface area contributed by atoms with Crippen LogP contribution in [0, 0.1) is 11.6 Å². The van der Waals surface area contributed by atoms with E-state index >= 15 is 4.39 Å². The second kappa shape index (κ2) is 9.44. The number of carbonyl (C=O) groups is 1. The number of nitrogens with zero attached hydrogens (tertiary/aromatic N) is 4. The second-order valence-corrected chi connectivity index (χ2v) is 9.54. The zero-order chi connectivity index (χ0) is 25.3. The Balaban J connectivity index is 1.75. The number of halogens is 2. The maximum Gasteiger partial charge on any atom is 0.301 e. The summed E-state index contributed by atoms with van der Waals surface area (Å²) >= 11 is 0. The molecule has 4 aromatic rings. The summed E-state index contributed by atoms with van der Waals surface area (Å²) in [6.07, 6.45) is 5.86. The number of fused-ring (bicyclic) bond motifs is 1. The maximum atomic E-state index is 15.2. The lowest BCUT2D eigenvalue weighted by Crippen LogP contribution is -2.29. The predicted molar refractivity (Wildman–Crippen MR) is 124 cm³/mol. The molecule has 0 atom stereocenters. The highest BCUT2D eigenvalue weighted by Gasteiger charge is 2.26. The molecule has 0 radical (unpaired) electrons. The van der Waals surface area contributed by atoms with Crippen molar-refractivity contribution in [3.8, 4) is 11.3 Å². The van der Waals surface area contributed by atoms with Crippen molar-refractivity contribution in [3.05, 3.63) is 71.4 Å². The standard InChI is InChI=1S/C22H20F2N6O4S/c1-30(2)35(32,33)29-17-5-4-16(23)19(20(17)24)21(31)15-9-28-22-14(15)6-12(7-27-22)18-10-25-13(8-26-18)11-34-3/h4-10,29H,11H2,1-3H3,(H,27,28). The van der Waals surface area contributed by atoms with Gasteiger partial charge >= 0.3 is 10.2 Å². The van der Waals surface area contributed by atoms with Gasteiger partial charge in [-0.2, -0.15) is 12.7 Å². The van der Waals surface area contributed by atoms with Crippen molar-refractivity contribution in [2.75, 3.05) is 25.9 Å². The van der Waals surface area contributed by atoms with Gasteiger partial charge in [-0.05, 0) is 18.2 Å². The van der Waals surface area contributed by atoms with Gasteiger partial charge in [0.25, 0.3) is 0 Å². The van der Waals surface area contributed by atoms with Crippen molar-refractivity contribution >= 4 is 32.7 Å². The maximum absolute atomic E-state index is 15.2. The molecule has 0 saturated carbocycles. The summed E-state index contributed by atoms with van der Waals surface area (Å²) in [5, 5.41) is 0.299. The number of pyridine rings is 1. The zero-order valence-electron chi connectivity index (χ0n) is 18.8. The minimum atomic E-state index is -4.09. The van der Waals surface area contributed by atoms with Gasteiger partial charge in [-0.15, -0.1) is 0 Å². The van der Waals surface area contributed by atoms with Gasteiger partial charge in [0.2, 0.25) is 5.78 Å². The molecule has 10 nitrogen and oxygen atoms in total. The number of methoxy groups -OCH3 is 1. The molecule has 2 N–H and O–H groups in total. The van der Waals surface area contributed by atoms with Crippen LogP contribution in [0.3, 0.4) is 0 Å². The highest BCUT2D eigenvalue weighted by molar-refractivity contribution is 7.90. The van der Waals surface area contributed by atoms with E-state index in [1.165, 1.54) is 46.0 Å². The minimum absolute atomic E-state index is 0.0521. The number of ketones is 1. The van der Waals surface area contributed by atoms with Gasteiger partial charge in [-0.1, -0.05) is 0 Å². The topological polar surface area (TPSA) is 130 Å². The number of ether oxygens (including phenoxy) is 1. The molecule has 0 aliphatic carbocycles. The Kier molecular flexibility index (Phi) is 6.56. The fourth-order valence-corrected chi connectivity index (χ4v) is 3.88. The van der Waals surface area contributed by atoms with E-state index in [0.29, 0.717) is 34.6 Å². The van der Waals surface area contributed by atoms with E-state index in [0.717, 1.165) is 16.4 Å². The molecule has 182 valence electrons. The van der Waals surface area contributed by atoms with Gasteiger partial charge < -0.3 is 9.72 Å². The van der Waals surface area contributed by atoms with Crippen molar-refractivity contribution in [2.45, 2.75) is 6.61 Å². The van der Waals surface area contributed by atoms with Crippen molar-refractivity contribution in [3.63, 3.8) is 0 Å². The molecule has 0 amide bonds. The van der Waals surface area contributed by atoms with Crippen LogP contribution in [0.1, 0.15) is 21.6 Å². The van der Waals surface area contributed by atoms with Crippen LogP contribution in [0.5, 0.6) is 0 Å². The first-order valence-electron chi connectivity index (χ1n) is 10.1. The van der Waals surface area contributed by atoms with E-state index in [1.807, 2.05) is 4.72 Å². The lowest BCUT2D eigenvalue weighted by atomic mass is 10.0. The van der Waals surface area contributed by atoms with Gasteiger partial charge in [0.1, 0.15) is 11.5 Å². The summed E-state index contributed by atoms with van der Waals surface area (Å²) in [5.74, 6) is -3.46. The van der Waals surface area contributed by atoms with Crippen molar-refractivity contribution in [2.24, 2.45) is 0 Å². The Bertz CT molecular complexity index is 1520. The van der Waals surface area contributed by atoms with E-state index < -0.39 is 38.9 Å². The van der Waals surface area contributed by atoms with Crippen LogP contribution in [-0.4, -0.2) is 59.6 Å². The van der Waals surface area contributed by atoms with Gasteiger partial charge in [-0.25, -0.2) is 13.8 Å². The lowest BCUT2D eigenvalue weighted by Gasteiger charge is -2.15. The summed E-state index contributed by atoms with van der Waals surface area (Å²) in [4.78, 5) is 28.8. The molecule has 13 heteroatoms. The second-order valence-electron chi connectivity index (χ2n) is 7.65. The Morgan fingerprint density at radius 1 is 1.14 bits per heavy atom. The molecule has 35 heavy (non-hydrogen) atoms. The number of rotatable bonds is 8. The largest absolute Gasteiger partial charge is 0.378 e. The van der Waals surface area contributed by atoms with Gasteiger partial charge in [0.05, 0.1) is 41.6 Å². The molecule has 0 unspecified atom stereocenters. The van der Waals surface area contributed by atoms with Crippen LogP contribution in [0.25, 0.3) is 22.3 Å². The van der Waals surface area contributed by atoms with Crippen LogP contribution in [0.4, 0.5) is 14.5 Å². The average Bonchev–Trinajstić information content (AvgIpc) is 3.25. The summed E-state index contributed by atoms with van der Waals surface area (Å²) in [6, 6.07) is 3.32. The number of benzene rings is 1. The molecule has 3 heterocycles. The van der Waals surface area contributed by atoms with Gasteiger partial charge in [0.15, 0.2) is 5.82 Å². The zero-order valence-corrected chi connectivity index (χ0v) is 19.7. The fraction of sp³-hybridized carbons (Fsp3) is 0.182. The van der Waals surface area contributed by atoms with Crippen LogP contribution < -0.4 is 4.72 Å². The Morgan fingerprint density at radius 2 is 1.91 bits per heavy atom. The third-order valence-corrected chi connectivity index (χ3v) is 6.55. The number of anilines is 1. The van der Waals surface area contributed by atoms with Gasteiger partial charge in [-0.3, -0.25) is 19.5 Å². The Hall–Kier alpha value is -3.81. The quantitative estimate of drug-likeness (QED) is 0.354. The summed E-state index contributed by atoms with van der Waals surface area (Å²) in [6.45, 7) is 0.294. The van der Waals surface area contributed by atoms with Crippen LogP contribution in [0.15, 0.2) is 43.0 Å². The third kappa shape index (κ3) is 4.73. The van der Waals surface area contributed by atoms with E-state index in [9.17, 15) is 17.6 Å². The molecule has 0 aliphatic heterocycles. The Labute approximate surface area is 199 Å². The summed E-state index contributed by atoms with van der Waals surface area (Å²) in [5.41, 5.74) is 0.411. The smallest absolute Gasteiger partial charge is 0.301 e. The number of aromatic nitrogens is 4. The summed E-state index contributed by atoms with van der Waals surface area (Å²) in [7, 11) is -0.0739. The molecule has 0 fully saturated rings. The molecule has 0 bridgehead atoms. The lowest BCUT2D eigenvalue weighted by molar-refractivity contribution is 0.103. The first-order valence-corrected chi connectivity index (χ1v) is 11.6. The highest BCUT2D eigenvalue weighted by Crippen LogP contribution is 2.29. The van der Waals surface area contributed by atoms with E-state index in [2.05, 4.69) is 19.9 Å². The highest BCUT2D eigenvalue weighted by atomic mass is 32.2. The molecule has 0 aliphatic rings. The van der Waals surface area contributed by atoms with Crippen LogP contribution in [0.2, 0.25) is 0 Å². The predicted octanol–water partition coefficient (Wildman–Crippen LogP) is 2.89. The van der Waals surface area contributed by atoms with Crippen molar-refractivity contribution in [1.29, 1.82) is 0 Å². The summed E-state index contributed by atoms with van der Waals surface area (Å²) < 4.78 is 61.8. The van der Waals surface area contributed by atoms with Crippen molar-refractivity contribution < 1.29 is 26.7 Å².